The molecule has 0 fully saturated rings. The van der Waals surface area contributed by atoms with Crippen molar-refractivity contribution in [3.63, 3.8) is 0 Å². The minimum atomic E-state index is 0.313. The van der Waals surface area contributed by atoms with Crippen LogP contribution in [0.4, 0.5) is 0 Å². The highest BCUT2D eigenvalue weighted by Crippen LogP contribution is 2.27. The van der Waals surface area contributed by atoms with Crippen LogP contribution in [0.5, 0.6) is 5.75 Å². The molecule has 1 aromatic heterocycles. The van der Waals surface area contributed by atoms with Crippen LogP contribution in [0.2, 0.25) is 10.0 Å². The Labute approximate surface area is 161 Å². The van der Waals surface area contributed by atoms with Crippen LogP contribution in [0.15, 0.2) is 72.9 Å². The van der Waals surface area contributed by atoms with Gasteiger partial charge in [-0.05, 0) is 48.5 Å². The molecule has 4 rings (SSSR count). The molecule has 1 heterocycles. The Bertz CT molecular complexity index is 1040. The Morgan fingerprint density at radius 3 is 2.19 bits per heavy atom. The Morgan fingerprint density at radius 2 is 1.46 bits per heavy atom. The van der Waals surface area contributed by atoms with E-state index in [0.29, 0.717) is 16.7 Å². The van der Waals surface area contributed by atoms with E-state index in [2.05, 4.69) is 9.97 Å². The number of hydrogen-bond donors (Lipinski definition) is 0. The lowest BCUT2D eigenvalue weighted by atomic mass is 10.1. The highest BCUT2D eigenvalue weighted by atomic mass is 35.5. The summed E-state index contributed by atoms with van der Waals surface area (Å²) in [7, 11) is 0. The molecule has 0 aliphatic carbocycles. The van der Waals surface area contributed by atoms with Crippen LogP contribution in [0.25, 0.3) is 22.3 Å². The van der Waals surface area contributed by atoms with Crippen molar-refractivity contribution in [2.75, 3.05) is 0 Å². The minimum Gasteiger partial charge on any atom is -0.489 e. The zero-order chi connectivity index (χ0) is 17.9. The van der Waals surface area contributed by atoms with Gasteiger partial charge in [0.1, 0.15) is 12.4 Å². The number of halogens is 2. The van der Waals surface area contributed by atoms with Crippen molar-refractivity contribution >= 4 is 34.2 Å². The summed E-state index contributed by atoms with van der Waals surface area (Å²) in [4.78, 5) is 9.11. The lowest BCUT2D eigenvalue weighted by Gasteiger charge is -2.10. The first-order valence-electron chi connectivity index (χ1n) is 8.08. The average molecular weight is 381 g/mol. The number of benzene rings is 3. The van der Waals surface area contributed by atoms with Crippen LogP contribution < -0.4 is 4.74 Å². The monoisotopic (exact) mass is 380 g/mol. The molecule has 3 aromatic carbocycles. The van der Waals surface area contributed by atoms with Crippen molar-refractivity contribution in [3.8, 4) is 17.0 Å². The molecule has 0 unspecified atom stereocenters. The Morgan fingerprint density at radius 1 is 0.769 bits per heavy atom. The molecule has 0 amide bonds. The van der Waals surface area contributed by atoms with E-state index >= 15 is 0 Å². The molecule has 0 atom stereocenters. The predicted molar refractivity (Wildman–Crippen MR) is 106 cm³/mol. The third-order valence-corrected chi connectivity index (χ3v) is 4.75. The molecule has 0 spiro atoms. The van der Waals surface area contributed by atoms with E-state index < -0.39 is 0 Å². The number of fused-ring (bicyclic) bond motifs is 1. The second kappa shape index (κ2) is 7.32. The zero-order valence-corrected chi connectivity index (χ0v) is 15.2. The SMILES string of the molecule is Clc1cccc(Cl)c1COc1ccc(-c2cnc3ccccc3n2)cc1. The Kier molecular flexibility index (Phi) is 4.74. The molecule has 3 nitrogen and oxygen atoms in total. The van der Waals surface area contributed by atoms with Gasteiger partial charge in [0, 0.05) is 21.2 Å². The van der Waals surface area contributed by atoms with Gasteiger partial charge in [0.15, 0.2) is 0 Å². The normalized spacial score (nSPS) is 10.8. The Hall–Kier alpha value is -2.62. The van der Waals surface area contributed by atoms with Crippen molar-refractivity contribution < 1.29 is 4.74 Å². The van der Waals surface area contributed by atoms with Gasteiger partial charge < -0.3 is 4.74 Å². The van der Waals surface area contributed by atoms with Crippen LogP contribution in [0, 0.1) is 0 Å². The molecule has 0 saturated carbocycles. The first-order valence-corrected chi connectivity index (χ1v) is 8.84. The number of para-hydroxylation sites is 2. The van der Waals surface area contributed by atoms with Crippen LogP contribution in [-0.2, 0) is 6.61 Å². The first-order chi connectivity index (χ1) is 12.7. The number of ether oxygens (including phenoxy) is 1. The maximum Gasteiger partial charge on any atom is 0.119 e. The van der Waals surface area contributed by atoms with Crippen LogP contribution in [-0.4, -0.2) is 9.97 Å². The van der Waals surface area contributed by atoms with Gasteiger partial charge in [-0.25, -0.2) is 4.98 Å². The number of rotatable bonds is 4. The smallest absolute Gasteiger partial charge is 0.119 e. The lowest BCUT2D eigenvalue weighted by Crippen LogP contribution is -1.97. The molecule has 5 heteroatoms. The van der Waals surface area contributed by atoms with Gasteiger partial charge in [-0.15, -0.1) is 0 Å². The summed E-state index contributed by atoms with van der Waals surface area (Å²) in [5.74, 6) is 0.735. The topological polar surface area (TPSA) is 35.0 Å². The highest BCUT2D eigenvalue weighted by Gasteiger charge is 2.07. The molecule has 0 bridgehead atoms. The van der Waals surface area contributed by atoms with Crippen LogP contribution in [0.3, 0.4) is 0 Å². The van der Waals surface area contributed by atoms with E-state index in [0.717, 1.165) is 33.6 Å². The average Bonchev–Trinajstić information content (AvgIpc) is 2.68. The third-order valence-electron chi connectivity index (χ3n) is 4.04. The molecule has 0 N–H and O–H groups in total. The molecular weight excluding hydrogens is 367 g/mol. The standard InChI is InChI=1S/C21H14Cl2N2O/c22-17-4-3-5-18(23)16(17)13-26-15-10-8-14(9-11-15)21-12-24-19-6-1-2-7-20(19)25-21/h1-12H,13H2. The van der Waals surface area contributed by atoms with Gasteiger partial charge in [-0.3, -0.25) is 4.98 Å². The third kappa shape index (κ3) is 3.50. The van der Waals surface area contributed by atoms with Gasteiger partial charge in [-0.1, -0.05) is 41.4 Å². The largest absolute Gasteiger partial charge is 0.489 e. The van der Waals surface area contributed by atoms with Crippen LogP contribution in [0.1, 0.15) is 5.56 Å². The predicted octanol–water partition coefficient (Wildman–Crippen LogP) is 6.18. The minimum absolute atomic E-state index is 0.313. The maximum atomic E-state index is 6.17. The summed E-state index contributed by atoms with van der Waals surface area (Å²) in [6.07, 6.45) is 1.78. The summed E-state index contributed by atoms with van der Waals surface area (Å²) in [5, 5.41) is 1.20. The molecule has 128 valence electrons. The van der Waals surface area contributed by atoms with E-state index in [1.807, 2.05) is 54.6 Å². The summed E-state index contributed by atoms with van der Waals surface area (Å²) in [6.45, 7) is 0.313. The fourth-order valence-corrected chi connectivity index (χ4v) is 3.15. The fourth-order valence-electron chi connectivity index (χ4n) is 2.64. The van der Waals surface area contributed by atoms with E-state index in [9.17, 15) is 0 Å². The van der Waals surface area contributed by atoms with Crippen LogP contribution >= 0.6 is 23.2 Å². The van der Waals surface area contributed by atoms with Gasteiger partial charge in [0.25, 0.3) is 0 Å². The number of aromatic nitrogens is 2. The molecule has 26 heavy (non-hydrogen) atoms. The van der Waals surface area contributed by atoms with Crippen molar-refractivity contribution in [2.45, 2.75) is 6.61 Å². The zero-order valence-electron chi connectivity index (χ0n) is 13.7. The molecule has 4 aromatic rings. The molecule has 0 saturated heterocycles. The molecule has 0 aliphatic rings. The first kappa shape index (κ1) is 16.8. The number of hydrogen-bond acceptors (Lipinski definition) is 3. The second-order valence-corrected chi connectivity index (χ2v) is 6.57. The summed E-state index contributed by atoms with van der Waals surface area (Å²) < 4.78 is 5.81. The van der Waals surface area contributed by atoms with E-state index in [1.54, 1.807) is 18.3 Å². The van der Waals surface area contributed by atoms with Crippen molar-refractivity contribution in [1.82, 2.24) is 9.97 Å². The van der Waals surface area contributed by atoms with E-state index in [-0.39, 0.29) is 0 Å². The van der Waals surface area contributed by atoms with Crippen molar-refractivity contribution in [1.29, 1.82) is 0 Å². The van der Waals surface area contributed by atoms with Gasteiger partial charge in [0.05, 0.1) is 22.9 Å². The van der Waals surface area contributed by atoms with Crippen molar-refractivity contribution in [3.05, 3.63) is 88.5 Å². The van der Waals surface area contributed by atoms with Gasteiger partial charge in [0.2, 0.25) is 0 Å². The molecular formula is C21H14Cl2N2O. The Balaban J connectivity index is 1.52. The lowest BCUT2D eigenvalue weighted by molar-refractivity contribution is 0.306. The number of nitrogens with zero attached hydrogens (tertiary/aromatic N) is 2. The summed E-state index contributed by atoms with van der Waals surface area (Å²) in [6, 6.07) is 20.9. The quantitative estimate of drug-likeness (QED) is 0.423. The highest BCUT2D eigenvalue weighted by molar-refractivity contribution is 6.35. The van der Waals surface area contributed by atoms with Crippen molar-refractivity contribution in [2.24, 2.45) is 0 Å². The van der Waals surface area contributed by atoms with Gasteiger partial charge in [-0.2, -0.15) is 0 Å². The maximum absolute atomic E-state index is 6.17. The molecule has 0 aliphatic heterocycles. The fraction of sp³-hybridized carbons (Fsp3) is 0.0476. The second-order valence-electron chi connectivity index (χ2n) is 5.76. The summed E-state index contributed by atoms with van der Waals surface area (Å²) in [5.41, 5.74) is 4.34. The van der Waals surface area contributed by atoms with E-state index in [1.165, 1.54) is 0 Å². The molecule has 0 radical (unpaired) electrons. The summed E-state index contributed by atoms with van der Waals surface area (Å²) >= 11 is 12.3. The van der Waals surface area contributed by atoms with E-state index in [4.69, 9.17) is 27.9 Å². The van der Waals surface area contributed by atoms with Gasteiger partial charge >= 0.3 is 0 Å².